The van der Waals surface area contributed by atoms with Gasteiger partial charge in [0.25, 0.3) is 0 Å². The van der Waals surface area contributed by atoms with Crippen molar-refractivity contribution < 1.29 is 4.79 Å². The molecule has 1 aromatic heterocycles. The Balaban J connectivity index is 2.53. The number of nitrogens with two attached hydrogens (primary N) is 2. The summed E-state index contributed by atoms with van der Waals surface area (Å²) in [5, 5.41) is 0. The quantitative estimate of drug-likeness (QED) is 0.670. The number of aromatic nitrogens is 2. The van der Waals surface area contributed by atoms with Crippen LogP contribution in [0.2, 0.25) is 0 Å². The van der Waals surface area contributed by atoms with Crippen molar-refractivity contribution in [1.82, 2.24) is 9.97 Å². The predicted molar refractivity (Wildman–Crippen MR) is 51.9 cm³/mol. The lowest BCUT2D eigenvalue weighted by Crippen LogP contribution is -2.12. The number of rotatable bonds is 2. The van der Waals surface area contributed by atoms with E-state index in [4.69, 9.17) is 11.5 Å². The number of hydrogen-bond donors (Lipinski definition) is 2. The van der Waals surface area contributed by atoms with Crippen molar-refractivity contribution in [2.75, 3.05) is 12.3 Å². The number of aryl methyl sites for hydroxylation is 1. The Bertz CT molecular complexity index is 389. The monoisotopic (exact) mass is 192 g/mol. The van der Waals surface area contributed by atoms with Crippen LogP contribution in [-0.2, 0) is 12.8 Å². The first-order valence-electron chi connectivity index (χ1n) is 4.61. The number of ketones is 1. The van der Waals surface area contributed by atoms with Crippen LogP contribution < -0.4 is 11.5 Å². The van der Waals surface area contributed by atoms with E-state index >= 15 is 0 Å². The van der Waals surface area contributed by atoms with E-state index in [1.165, 1.54) is 0 Å². The molecule has 0 bridgehead atoms. The first-order valence-corrected chi connectivity index (χ1v) is 4.61. The average molecular weight is 192 g/mol. The van der Waals surface area contributed by atoms with Gasteiger partial charge in [-0.1, -0.05) is 0 Å². The van der Waals surface area contributed by atoms with Crippen LogP contribution in [0.1, 0.15) is 28.2 Å². The molecule has 1 aliphatic carbocycles. The van der Waals surface area contributed by atoms with Gasteiger partial charge in [-0.2, -0.15) is 0 Å². The molecule has 1 aromatic rings. The van der Waals surface area contributed by atoms with E-state index in [0.29, 0.717) is 37.1 Å². The standard InChI is InChI=1S/C9H12N4O/c10-4-3-6-8-5(1-2-7(8)14)12-9(11)13-6/h1-4,10H2,(H2,11,12,13). The van der Waals surface area contributed by atoms with Crippen LogP contribution in [0.3, 0.4) is 0 Å². The molecular weight excluding hydrogens is 180 g/mol. The first-order chi connectivity index (χ1) is 6.72. The molecule has 0 unspecified atom stereocenters. The van der Waals surface area contributed by atoms with Gasteiger partial charge in [0.2, 0.25) is 5.95 Å². The second-order valence-corrected chi connectivity index (χ2v) is 3.31. The number of carbonyl (C=O) groups is 1. The summed E-state index contributed by atoms with van der Waals surface area (Å²) in [6.07, 6.45) is 1.78. The normalized spacial score (nSPS) is 14.5. The van der Waals surface area contributed by atoms with Gasteiger partial charge in [-0.25, -0.2) is 9.97 Å². The molecule has 4 N–H and O–H groups in total. The van der Waals surface area contributed by atoms with Crippen molar-refractivity contribution in [1.29, 1.82) is 0 Å². The zero-order valence-electron chi connectivity index (χ0n) is 7.79. The van der Waals surface area contributed by atoms with Gasteiger partial charge in [-0.05, 0) is 13.0 Å². The van der Waals surface area contributed by atoms with Gasteiger partial charge in [-0.3, -0.25) is 4.79 Å². The minimum absolute atomic E-state index is 0.114. The second kappa shape index (κ2) is 3.34. The zero-order chi connectivity index (χ0) is 10.1. The van der Waals surface area contributed by atoms with Crippen LogP contribution in [0, 0.1) is 0 Å². The maximum Gasteiger partial charge on any atom is 0.220 e. The van der Waals surface area contributed by atoms with Crippen LogP contribution in [0.4, 0.5) is 5.95 Å². The van der Waals surface area contributed by atoms with E-state index in [-0.39, 0.29) is 11.7 Å². The van der Waals surface area contributed by atoms with Gasteiger partial charge in [0.15, 0.2) is 5.78 Å². The van der Waals surface area contributed by atoms with E-state index in [2.05, 4.69) is 9.97 Å². The Labute approximate surface area is 81.5 Å². The third-order valence-electron chi connectivity index (χ3n) is 2.33. The topological polar surface area (TPSA) is 94.9 Å². The van der Waals surface area contributed by atoms with Gasteiger partial charge in [0.1, 0.15) is 0 Å². The minimum Gasteiger partial charge on any atom is -0.368 e. The molecule has 0 atom stereocenters. The molecule has 5 nitrogen and oxygen atoms in total. The molecule has 0 fully saturated rings. The molecule has 0 spiro atoms. The van der Waals surface area contributed by atoms with E-state index in [0.717, 1.165) is 5.69 Å². The highest BCUT2D eigenvalue weighted by Gasteiger charge is 2.25. The molecule has 0 aromatic carbocycles. The van der Waals surface area contributed by atoms with Crippen molar-refractivity contribution in [2.45, 2.75) is 19.3 Å². The largest absolute Gasteiger partial charge is 0.368 e. The summed E-state index contributed by atoms with van der Waals surface area (Å²) in [6, 6.07) is 0. The smallest absolute Gasteiger partial charge is 0.220 e. The number of nitrogen functional groups attached to an aromatic ring is 1. The third kappa shape index (κ3) is 1.35. The number of Topliss-reactive ketones (excluding diaryl/α,β-unsaturated/α-hetero) is 1. The van der Waals surface area contributed by atoms with Crippen LogP contribution in [0.25, 0.3) is 0 Å². The van der Waals surface area contributed by atoms with Crippen molar-refractivity contribution in [2.24, 2.45) is 5.73 Å². The first kappa shape index (κ1) is 9.08. The van der Waals surface area contributed by atoms with E-state index in [1.807, 2.05) is 0 Å². The molecule has 0 saturated carbocycles. The van der Waals surface area contributed by atoms with Crippen LogP contribution in [0.5, 0.6) is 0 Å². The lowest BCUT2D eigenvalue weighted by atomic mass is 10.1. The minimum atomic E-state index is 0.114. The molecule has 5 heteroatoms. The van der Waals surface area contributed by atoms with Gasteiger partial charge >= 0.3 is 0 Å². The summed E-state index contributed by atoms with van der Waals surface area (Å²) in [7, 11) is 0. The number of carbonyl (C=O) groups excluding carboxylic acids is 1. The summed E-state index contributed by atoms with van der Waals surface area (Å²) < 4.78 is 0. The fourth-order valence-corrected chi connectivity index (χ4v) is 1.76. The summed E-state index contributed by atoms with van der Waals surface area (Å²) in [6.45, 7) is 0.468. The van der Waals surface area contributed by atoms with Gasteiger partial charge in [0, 0.05) is 12.8 Å². The molecule has 0 amide bonds. The Hall–Kier alpha value is -1.49. The maximum atomic E-state index is 11.5. The molecule has 0 radical (unpaired) electrons. The van der Waals surface area contributed by atoms with Crippen molar-refractivity contribution >= 4 is 11.7 Å². The summed E-state index contributed by atoms with van der Waals surface area (Å²) in [4.78, 5) is 19.6. The molecule has 14 heavy (non-hydrogen) atoms. The summed E-state index contributed by atoms with van der Waals surface area (Å²) in [5.74, 6) is 0.352. The number of nitrogens with zero attached hydrogens (tertiary/aromatic N) is 2. The number of fused-ring (bicyclic) bond motifs is 1. The summed E-state index contributed by atoms with van der Waals surface area (Å²) >= 11 is 0. The van der Waals surface area contributed by atoms with E-state index in [9.17, 15) is 4.79 Å². The van der Waals surface area contributed by atoms with Crippen LogP contribution in [-0.4, -0.2) is 22.3 Å². The number of hydrogen-bond acceptors (Lipinski definition) is 5. The van der Waals surface area contributed by atoms with Gasteiger partial charge < -0.3 is 11.5 Å². The lowest BCUT2D eigenvalue weighted by Gasteiger charge is -2.05. The highest BCUT2D eigenvalue weighted by atomic mass is 16.1. The zero-order valence-corrected chi connectivity index (χ0v) is 7.79. The average Bonchev–Trinajstić information content (AvgIpc) is 2.48. The Kier molecular flexibility index (Phi) is 2.17. The molecule has 0 aliphatic heterocycles. The molecule has 0 saturated heterocycles. The molecule has 1 aliphatic rings. The molecule has 74 valence electrons. The molecule has 2 rings (SSSR count). The molecular formula is C9H12N4O. The summed E-state index contributed by atoms with van der Waals surface area (Å²) in [5.41, 5.74) is 13.1. The van der Waals surface area contributed by atoms with Crippen molar-refractivity contribution in [3.63, 3.8) is 0 Å². The second-order valence-electron chi connectivity index (χ2n) is 3.31. The van der Waals surface area contributed by atoms with E-state index in [1.54, 1.807) is 0 Å². The van der Waals surface area contributed by atoms with Crippen molar-refractivity contribution in [3.8, 4) is 0 Å². The highest BCUT2D eigenvalue weighted by Crippen LogP contribution is 2.23. The Morgan fingerprint density at radius 3 is 2.79 bits per heavy atom. The van der Waals surface area contributed by atoms with Crippen molar-refractivity contribution in [3.05, 3.63) is 17.0 Å². The molecule has 1 heterocycles. The Morgan fingerprint density at radius 1 is 1.29 bits per heavy atom. The van der Waals surface area contributed by atoms with Gasteiger partial charge in [-0.15, -0.1) is 0 Å². The Morgan fingerprint density at radius 2 is 2.07 bits per heavy atom. The maximum absolute atomic E-state index is 11.5. The van der Waals surface area contributed by atoms with Crippen LogP contribution >= 0.6 is 0 Å². The highest BCUT2D eigenvalue weighted by molar-refractivity contribution is 6.00. The predicted octanol–water partition coefficient (Wildman–Crippen LogP) is -0.311. The van der Waals surface area contributed by atoms with E-state index < -0.39 is 0 Å². The fourth-order valence-electron chi connectivity index (χ4n) is 1.76. The lowest BCUT2D eigenvalue weighted by molar-refractivity contribution is 0.0993. The fraction of sp³-hybridized carbons (Fsp3) is 0.444. The van der Waals surface area contributed by atoms with Crippen LogP contribution in [0.15, 0.2) is 0 Å². The SMILES string of the molecule is NCCc1nc(N)nc2c1C(=O)CC2. The number of anilines is 1. The third-order valence-corrected chi connectivity index (χ3v) is 2.33. The van der Waals surface area contributed by atoms with Gasteiger partial charge in [0.05, 0.1) is 17.0 Å².